The van der Waals surface area contributed by atoms with E-state index in [1.54, 1.807) is 0 Å². The third kappa shape index (κ3) is 5.99. The van der Waals surface area contributed by atoms with Crippen molar-refractivity contribution in [2.45, 2.75) is 77.6 Å². The minimum Gasteiger partial charge on any atom is -0.0654 e. The van der Waals surface area contributed by atoms with Gasteiger partial charge in [-0.25, -0.2) is 0 Å². The van der Waals surface area contributed by atoms with E-state index in [0.717, 1.165) is 4.47 Å². The molecule has 0 aliphatic carbocycles. The van der Waals surface area contributed by atoms with Gasteiger partial charge < -0.3 is 0 Å². The van der Waals surface area contributed by atoms with E-state index in [0.29, 0.717) is 0 Å². The molecule has 0 bridgehead atoms. The van der Waals surface area contributed by atoms with Gasteiger partial charge in [-0.15, -0.1) is 0 Å². The molecule has 0 fully saturated rings. The van der Waals surface area contributed by atoms with Crippen molar-refractivity contribution < 1.29 is 0 Å². The summed E-state index contributed by atoms with van der Waals surface area (Å²) in [5.41, 5.74) is 1.70. The van der Waals surface area contributed by atoms with E-state index in [-0.39, 0.29) is 5.41 Å². The minimum absolute atomic E-state index is 0.253. The Bertz CT molecular complexity index is 407. The Labute approximate surface area is 155 Å². The van der Waals surface area contributed by atoms with Gasteiger partial charge in [0.25, 0.3) is 0 Å². The molecule has 1 aromatic carbocycles. The molecule has 0 saturated carbocycles. The number of hydrogen-bond donors (Lipinski definition) is 0. The minimum atomic E-state index is 0.253. The van der Waals surface area contributed by atoms with Gasteiger partial charge in [-0.05, 0) is 36.0 Å². The van der Waals surface area contributed by atoms with Gasteiger partial charge in [0, 0.05) is 13.4 Å². The van der Waals surface area contributed by atoms with Crippen molar-refractivity contribution in [1.82, 2.24) is 0 Å². The molecule has 3 heteroatoms. The fourth-order valence-corrected chi connectivity index (χ4v) is 6.24. The summed E-state index contributed by atoms with van der Waals surface area (Å²) < 4.78 is 3.56. The average molecular weight is 483 g/mol. The Morgan fingerprint density at radius 2 is 1.24 bits per heavy atom. The van der Waals surface area contributed by atoms with E-state index in [2.05, 4.69) is 80.7 Å². The molecule has 0 aliphatic rings. The average Bonchev–Trinajstić information content (AvgIpc) is 2.38. The smallest absolute Gasteiger partial charge is 0.0235 e. The van der Waals surface area contributed by atoms with Crippen LogP contribution in [0.15, 0.2) is 25.6 Å². The van der Waals surface area contributed by atoms with Crippen LogP contribution < -0.4 is 0 Å². The predicted octanol–water partition coefficient (Wildman–Crippen LogP) is 8.39. The van der Waals surface area contributed by atoms with Crippen LogP contribution in [-0.4, -0.2) is 0 Å². The summed E-state index contributed by atoms with van der Waals surface area (Å²) >= 11 is 11.2. The molecule has 0 spiro atoms. The van der Waals surface area contributed by atoms with E-state index < -0.39 is 0 Å². The molecule has 0 atom stereocenters. The lowest BCUT2D eigenvalue weighted by molar-refractivity contribution is 0.364. The van der Waals surface area contributed by atoms with Crippen LogP contribution in [0.3, 0.4) is 0 Å². The maximum Gasteiger partial charge on any atom is 0.0235 e. The summed E-state index contributed by atoms with van der Waals surface area (Å²) in [7, 11) is 0. The zero-order valence-corrected chi connectivity index (χ0v) is 18.2. The third-order valence-electron chi connectivity index (χ3n) is 4.27. The number of halogens is 3. The Balaban J connectivity index is 3.04. The normalized spacial score (nSPS) is 11.9. The number of rotatable bonds is 9. The topological polar surface area (TPSA) is 0 Å². The first kappa shape index (κ1) is 19.7. The van der Waals surface area contributed by atoms with Gasteiger partial charge in [0.1, 0.15) is 0 Å². The standard InChI is InChI=1S/C18H27Br3/c1-4-6-8-10-18(3,11-9-7-5-2)17-15(20)12-14(19)13-16(17)21/h12-13H,4-11H2,1-3H3. The third-order valence-corrected chi connectivity index (χ3v) is 5.98. The SMILES string of the molecule is CCCCCC(C)(CCCCC)c1c(Br)cc(Br)cc1Br. The maximum absolute atomic E-state index is 3.79. The van der Waals surface area contributed by atoms with Crippen LogP contribution in [0.25, 0.3) is 0 Å². The molecule has 1 aromatic rings. The molecular formula is C18H27Br3. The van der Waals surface area contributed by atoms with E-state index in [9.17, 15) is 0 Å². The summed E-state index contributed by atoms with van der Waals surface area (Å²) in [6.07, 6.45) is 10.4. The molecule has 120 valence electrons. The highest BCUT2D eigenvalue weighted by molar-refractivity contribution is 9.11. The Morgan fingerprint density at radius 3 is 1.62 bits per heavy atom. The second-order valence-corrected chi connectivity index (χ2v) is 8.84. The molecule has 0 heterocycles. The van der Waals surface area contributed by atoms with Gasteiger partial charge in [0.2, 0.25) is 0 Å². The Kier molecular flexibility index (Phi) is 9.12. The molecule has 0 N–H and O–H groups in total. The van der Waals surface area contributed by atoms with Gasteiger partial charge in [-0.1, -0.05) is 107 Å². The van der Waals surface area contributed by atoms with Gasteiger partial charge in [-0.2, -0.15) is 0 Å². The molecule has 0 amide bonds. The van der Waals surface area contributed by atoms with Crippen LogP contribution in [-0.2, 0) is 5.41 Å². The fourth-order valence-electron chi connectivity index (χ4n) is 3.02. The highest BCUT2D eigenvalue weighted by atomic mass is 79.9. The van der Waals surface area contributed by atoms with Crippen LogP contribution in [0.1, 0.15) is 77.7 Å². The lowest BCUT2D eigenvalue weighted by Crippen LogP contribution is -2.23. The first-order chi connectivity index (χ1) is 9.94. The quantitative estimate of drug-likeness (QED) is 0.310. The summed E-state index contributed by atoms with van der Waals surface area (Å²) in [6, 6.07) is 4.36. The van der Waals surface area contributed by atoms with Gasteiger partial charge >= 0.3 is 0 Å². The molecular weight excluding hydrogens is 456 g/mol. The van der Waals surface area contributed by atoms with Gasteiger partial charge in [0.15, 0.2) is 0 Å². The van der Waals surface area contributed by atoms with Crippen molar-refractivity contribution in [2.75, 3.05) is 0 Å². The number of hydrogen-bond acceptors (Lipinski definition) is 0. The lowest BCUT2D eigenvalue weighted by Gasteiger charge is -2.33. The van der Waals surface area contributed by atoms with Gasteiger partial charge in [-0.3, -0.25) is 0 Å². The van der Waals surface area contributed by atoms with Crippen molar-refractivity contribution >= 4 is 47.8 Å². The second kappa shape index (κ2) is 9.72. The zero-order valence-electron chi connectivity index (χ0n) is 13.4. The van der Waals surface area contributed by atoms with Crippen LogP contribution in [0.2, 0.25) is 0 Å². The van der Waals surface area contributed by atoms with E-state index in [4.69, 9.17) is 0 Å². The molecule has 0 radical (unpaired) electrons. The van der Waals surface area contributed by atoms with Crippen LogP contribution >= 0.6 is 47.8 Å². The zero-order chi connectivity index (χ0) is 15.9. The van der Waals surface area contributed by atoms with Crippen LogP contribution in [0.5, 0.6) is 0 Å². The molecule has 0 nitrogen and oxygen atoms in total. The summed E-state index contributed by atoms with van der Waals surface area (Å²) in [5.74, 6) is 0. The molecule has 0 aromatic heterocycles. The van der Waals surface area contributed by atoms with Crippen molar-refractivity contribution in [3.63, 3.8) is 0 Å². The first-order valence-electron chi connectivity index (χ1n) is 8.09. The second-order valence-electron chi connectivity index (χ2n) is 6.22. The predicted molar refractivity (Wildman–Crippen MR) is 105 cm³/mol. The number of unbranched alkanes of at least 4 members (excludes halogenated alkanes) is 4. The van der Waals surface area contributed by atoms with Gasteiger partial charge in [0.05, 0.1) is 0 Å². The van der Waals surface area contributed by atoms with E-state index >= 15 is 0 Å². The van der Waals surface area contributed by atoms with Crippen LogP contribution in [0, 0.1) is 0 Å². The summed E-state index contributed by atoms with van der Waals surface area (Å²) in [6.45, 7) is 7.00. The van der Waals surface area contributed by atoms with Crippen molar-refractivity contribution in [3.05, 3.63) is 31.1 Å². The summed E-state index contributed by atoms with van der Waals surface area (Å²) in [4.78, 5) is 0. The fraction of sp³-hybridized carbons (Fsp3) is 0.667. The highest BCUT2D eigenvalue weighted by Crippen LogP contribution is 2.44. The van der Waals surface area contributed by atoms with Crippen molar-refractivity contribution in [3.8, 4) is 0 Å². The van der Waals surface area contributed by atoms with E-state index in [1.165, 1.54) is 65.9 Å². The molecule has 1 rings (SSSR count). The molecule has 21 heavy (non-hydrogen) atoms. The monoisotopic (exact) mass is 480 g/mol. The highest BCUT2D eigenvalue weighted by Gasteiger charge is 2.30. The maximum atomic E-state index is 3.79. The first-order valence-corrected chi connectivity index (χ1v) is 10.5. The molecule has 0 unspecified atom stereocenters. The molecule has 0 saturated heterocycles. The van der Waals surface area contributed by atoms with Crippen molar-refractivity contribution in [1.29, 1.82) is 0 Å². The van der Waals surface area contributed by atoms with Crippen LogP contribution in [0.4, 0.5) is 0 Å². The Morgan fingerprint density at radius 1 is 0.810 bits per heavy atom. The largest absolute Gasteiger partial charge is 0.0654 e. The van der Waals surface area contributed by atoms with E-state index in [1.807, 2.05) is 0 Å². The molecule has 0 aliphatic heterocycles. The lowest BCUT2D eigenvalue weighted by atomic mass is 9.74. The Hall–Kier alpha value is 0.660. The van der Waals surface area contributed by atoms with Crippen molar-refractivity contribution in [2.24, 2.45) is 0 Å². The number of benzene rings is 1. The summed E-state index contributed by atoms with van der Waals surface area (Å²) in [5, 5.41) is 0.